The predicted molar refractivity (Wildman–Crippen MR) is 390 cm³/mol. The molecule has 0 aliphatic heterocycles. The molecule has 14 aromatic carbocycles. The lowest BCUT2D eigenvalue weighted by molar-refractivity contribution is 0.0595. The summed E-state index contributed by atoms with van der Waals surface area (Å²) in [7, 11) is 0. The summed E-state index contributed by atoms with van der Waals surface area (Å²) in [5, 5.41) is 4.83. The van der Waals surface area contributed by atoms with E-state index >= 15 is 0 Å². The van der Waals surface area contributed by atoms with Gasteiger partial charge < -0.3 is 9.80 Å². The van der Waals surface area contributed by atoms with Crippen molar-refractivity contribution in [2.45, 2.75) is 52.4 Å². The highest BCUT2D eigenvalue weighted by molar-refractivity contribution is 6.15. The van der Waals surface area contributed by atoms with Gasteiger partial charge in [-0.3, -0.25) is 0 Å². The molecule has 0 saturated carbocycles. The van der Waals surface area contributed by atoms with Crippen LogP contribution in [0.15, 0.2) is 328 Å². The van der Waals surface area contributed by atoms with Crippen molar-refractivity contribution in [3.05, 3.63) is 350 Å². The van der Waals surface area contributed by atoms with Gasteiger partial charge in [-0.25, -0.2) is 0 Å². The number of hydrogen-bond donors (Lipinski definition) is 0. The SMILES string of the molecule is CC(C)(C)C1(C2(C(C)(C)C)c3ccccc3-c3c2cc(N(c2ccccc2-c2ccccc2)c2ccccc2-c2ccccc2)c2ccccc32)c2ccccc2-c2c1cc(N(c1ccccc1-c1ccccc1)c1ccccc1-c1ccccc1)c1ccccc21. The quantitative estimate of drug-likeness (QED) is 0.127. The minimum atomic E-state index is -0.775. The van der Waals surface area contributed by atoms with E-state index in [1.807, 2.05) is 0 Å². The lowest BCUT2D eigenvalue weighted by Crippen LogP contribution is -2.62. The molecule has 2 nitrogen and oxygen atoms in total. The number of para-hydroxylation sites is 4. The van der Waals surface area contributed by atoms with Gasteiger partial charge in [0.15, 0.2) is 0 Å². The van der Waals surface area contributed by atoms with Gasteiger partial charge in [-0.15, -0.1) is 0 Å². The average Bonchev–Trinajstić information content (AvgIpc) is 1.43. The van der Waals surface area contributed by atoms with Gasteiger partial charge in [0.05, 0.1) is 34.1 Å². The summed E-state index contributed by atoms with van der Waals surface area (Å²) in [5.41, 5.74) is 23.9. The number of hydrogen-bond acceptors (Lipinski definition) is 2. The van der Waals surface area contributed by atoms with Crippen molar-refractivity contribution in [3.63, 3.8) is 0 Å². The Morgan fingerprint density at radius 1 is 0.207 bits per heavy atom. The number of rotatable bonds is 11. The Morgan fingerprint density at radius 2 is 0.435 bits per heavy atom. The Kier molecular flexibility index (Phi) is 13.5. The van der Waals surface area contributed by atoms with E-state index < -0.39 is 21.7 Å². The maximum absolute atomic E-state index is 2.68. The monoisotopic (exact) mass is 1180 g/mol. The predicted octanol–water partition coefficient (Wildman–Crippen LogP) is 24.9. The fourth-order valence-corrected chi connectivity index (χ4v) is 17.1. The molecule has 0 radical (unpaired) electrons. The van der Waals surface area contributed by atoms with E-state index in [4.69, 9.17) is 0 Å². The van der Waals surface area contributed by atoms with E-state index in [0.29, 0.717) is 0 Å². The second-order valence-electron chi connectivity index (χ2n) is 27.0. The summed E-state index contributed by atoms with van der Waals surface area (Å²) < 4.78 is 0. The number of nitrogens with zero attached hydrogens (tertiary/aromatic N) is 2. The number of fused-ring (bicyclic) bond motifs is 10. The van der Waals surface area contributed by atoms with Crippen molar-refractivity contribution in [2.24, 2.45) is 10.8 Å². The van der Waals surface area contributed by atoms with Crippen molar-refractivity contribution < 1.29 is 0 Å². The Labute approximate surface area is 542 Å². The standard InChI is InChI=1S/C90H72N2/c1-87(2,3)89(75-53-29-23-51-73(75)85-71-49-21-19-47-69(71)83(59-77(85)89)91(79-55-31-25-43-65(79)61-35-11-7-12-36-61)80-56-32-26-44-66(80)62-37-13-8-14-38-62)90(88(4,5)6)76-54-30-24-52-74(76)86-72-50-22-20-48-70(72)84(60-78(86)90)92(81-57-33-27-45-67(81)63-39-15-9-16-40-63)82-58-34-28-46-68(82)64-41-17-10-18-42-64/h7-60H,1-6H3. The third kappa shape index (κ3) is 8.39. The molecule has 0 aromatic heterocycles. The van der Waals surface area contributed by atoms with Crippen LogP contribution >= 0.6 is 0 Å². The van der Waals surface area contributed by atoms with Crippen LogP contribution in [0, 0.1) is 10.8 Å². The molecule has 16 rings (SSSR count). The van der Waals surface area contributed by atoms with Gasteiger partial charge in [0.1, 0.15) is 0 Å². The Balaban J connectivity index is 1.08. The molecular formula is C90H72N2. The van der Waals surface area contributed by atoms with Crippen molar-refractivity contribution in [1.82, 2.24) is 0 Å². The van der Waals surface area contributed by atoms with Gasteiger partial charge >= 0.3 is 0 Å². The summed E-state index contributed by atoms with van der Waals surface area (Å²) in [5.74, 6) is 0. The van der Waals surface area contributed by atoms with Crippen LogP contribution < -0.4 is 9.80 Å². The molecule has 0 heterocycles. The van der Waals surface area contributed by atoms with Gasteiger partial charge in [-0.05, 0) is 125 Å². The molecule has 2 heteroatoms. The zero-order valence-corrected chi connectivity index (χ0v) is 53.1. The summed E-state index contributed by atoms with van der Waals surface area (Å²) >= 11 is 0. The molecule has 0 saturated heterocycles. The summed E-state index contributed by atoms with van der Waals surface area (Å²) in [6, 6.07) is 123. The third-order valence-electron chi connectivity index (χ3n) is 20.3. The van der Waals surface area contributed by atoms with Crippen LogP contribution in [-0.2, 0) is 10.8 Å². The van der Waals surface area contributed by atoms with Crippen LogP contribution in [-0.4, -0.2) is 0 Å². The van der Waals surface area contributed by atoms with Crippen LogP contribution in [0.4, 0.5) is 34.1 Å². The fourth-order valence-electron chi connectivity index (χ4n) is 17.1. The van der Waals surface area contributed by atoms with Crippen molar-refractivity contribution in [1.29, 1.82) is 0 Å². The minimum absolute atomic E-state index is 0.476. The fraction of sp³-hybridized carbons (Fsp3) is 0.111. The van der Waals surface area contributed by atoms with Crippen LogP contribution in [0.25, 0.3) is 88.3 Å². The maximum atomic E-state index is 2.68. The van der Waals surface area contributed by atoms with Gasteiger partial charge in [0, 0.05) is 43.9 Å². The van der Waals surface area contributed by atoms with Gasteiger partial charge in [0.2, 0.25) is 0 Å². The first-order chi connectivity index (χ1) is 45.0. The molecule has 2 aliphatic rings. The highest BCUT2D eigenvalue weighted by atomic mass is 15.2. The average molecular weight is 1180 g/mol. The van der Waals surface area contributed by atoms with Crippen LogP contribution in [0.5, 0.6) is 0 Å². The molecule has 2 unspecified atom stereocenters. The lowest BCUT2D eigenvalue weighted by Gasteiger charge is -2.62. The third-order valence-corrected chi connectivity index (χ3v) is 20.3. The normalized spacial score (nSPS) is 15.6. The zero-order chi connectivity index (χ0) is 62.3. The van der Waals surface area contributed by atoms with E-state index in [-0.39, 0.29) is 0 Å². The maximum Gasteiger partial charge on any atom is 0.0544 e. The summed E-state index contributed by atoms with van der Waals surface area (Å²) in [4.78, 5) is 5.23. The van der Waals surface area contributed by atoms with Crippen molar-refractivity contribution >= 4 is 55.7 Å². The first kappa shape index (κ1) is 56.4. The highest BCUT2D eigenvalue weighted by Crippen LogP contribution is 2.76. The molecule has 0 spiro atoms. The first-order valence-corrected chi connectivity index (χ1v) is 32.5. The second-order valence-corrected chi connectivity index (χ2v) is 27.0. The Morgan fingerprint density at radius 3 is 0.717 bits per heavy atom. The molecular weight excluding hydrogens is 1110 g/mol. The molecule has 92 heavy (non-hydrogen) atoms. The molecule has 0 amide bonds. The molecule has 0 fully saturated rings. The topological polar surface area (TPSA) is 6.48 Å². The lowest BCUT2D eigenvalue weighted by atomic mass is 9.39. The van der Waals surface area contributed by atoms with Crippen LogP contribution in [0.1, 0.15) is 63.8 Å². The van der Waals surface area contributed by atoms with E-state index in [2.05, 4.69) is 379 Å². The van der Waals surface area contributed by atoms with E-state index in [1.54, 1.807) is 0 Å². The summed E-state index contributed by atoms with van der Waals surface area (Å²) in [6.45, 7) is 15.3. The minimum Gasteiger partial charge on any atom is -0.309 e. The molecule has 14 aromatic rings. The van der Waals surface area contributed by atoms with Gasteiger partial charge in [0.25, 0.3) is 0 Å². The molecule has 0 N–H and O–H groups in total. The Hall–Kier alpha value is -10.8. The van der Waals surface area contributed by atoms with E-state index in [1.165, 1.54) is 66.1 Å². The summed E-state index contributed by atoms with van der Waals surface area (Å²) in [6.07, 6.45) is 0. The van der Waals surface area contributed by atoms with Crippen LogP contribution in [0.3, 0.4) is 0 Å². The smallest absolute Gasteiger partial charge is 0.0544 e. The van der Waals surface area contributed by atoms with E-state index in [0.717, 1.165) is 78.6 Å². The largest absolute Gasteiger partial charge is 0.309 e. The first-order valence-electron chi connectivity index (χ1n) is 32.5. The zero-order valence-electron chi connectivity index (χ0n) is 53.1. The molecule has 0 bridgehead atoms. The molecule has 2 aliphatic carbocycles. The molecule has 442 valence electrons. The number of anilines is 6. The molecule has 2 atom stereocenters. The second kappa shape index (κ2) is 22.0. The van der Waals surface area contributed by atoms with Crippen molar-refractivity contribution in [3.8, 4) is 66.8 Å². The number of benzene rings is 14. The van der Waals surface area contributed by atoms with E-state index in [9.17, 15) is 0 Å². The van der Waals surface area contributed by atoms with Crippen LogP contribution in [0.2, 0.25) is 0 Å². The van der Waals surface area contributed by atoms with Crippen molar-refractivity contribution in [2.75, 3.05) is 9.80 Å². The Bertz CT molecular complexity index is 4640. The highest BCUT2D eigenvalue weighted by Gasteiger charge is 2.71. The van der Waals surface area contributed by atoms with Gasteiger partial charge in [-0.1, -0.05) is 333 Å². The van der Waals surface area contributed by atoms with Gasteiger partial charge in [-0.2, -0.15) is 0 Å².